The van der Waals surface area contributed by atoms with Crippen molar-refractivity contribution in [1.82, 2.24) is 15.2 Å². The Morgan fingerprint density at radius 1 is 1.03 bits per heavy atom. The third kappa shape index (κ3) is 4.50. The summed E-state index contributed by atoms with van der Waals surface area (Å²) in [6.07, 6.45) is -0.792. The zero-order valence-electron chi connectivity index (χ0n) is 19.6. The lowest BCUT2D eigenvalue weighted by molar-refractivity contribution is -0.137. The molecule has 190 valence electrons. The third-order valence-electron chi connectivity index (χ3n) is 6.74. The van der Waals surface area contributed by atoms with Crippen LogP contribution in [0.25, 0.3) is 22.0 Å². The molecule has 3 heterocycles. The Morgan fingerprint density at radius 3 is 2.38 bits per heavy atom. The lowest BCUT2D eigenvalue weighted by Gasteiger charge is -2.32. The first-order valence-electron chi connectivity index (χ1n) is 11.7. The van der Waals surface area contributed by atoms with E-state index in [9.17, 15) is 27.6 Å². The van der Waals surface area contributed by atoms with E-state index in [1.165, 1.54) is 24.4 Å². The number of likely N-dealkylation sites (tertiary alicyclic amines) is 1. The Balaban J connectivity index is 1.57. The number of hydrogen-bond acceptors (Lipinski definition) is 4. The second-order valence-corrected chi connectivity index (χ2v) is 8.99. The minimum Gasteiger partial charge on any atom is -0.382 e. The summed E-state index contributed by atoms with van der Waals surface area (Å²) in [4.78, 5) is 42.2. The molecule has 3 amide bonds. The van der Waals surface area contributed by atoms with Crippen LogP contribution in [-0.2, 0) is 20.6 Å². The molecule has 0 bridgehead atoms. The van der Waals surface area contributed by atoms with Gasteiger partial charge in [-0.3, -0.25) is 19.7 Å². The van der Waals surface area contributed by atoms with E-state index in [1.807, 2.05) is 0 Å². The molecule has 0 spiro atoms. The molecular formula is C27H23F3N4O3. The summed E-state index contributed by atoms with van der Waals surface area (Å²) in [6.45, 7) is 4.47. The summed E-state index contributed by atoms with van der Waals surface area (Å²) < 4.78 is 42.2. The minimum atomic E-state index is -4.76. The van der Waals surface area contributed by atoms with E-state index in [1.54, 1.807) is 29.2 Å². The van der Waals surface area contributed by atoms with Gasteiger partial charge in [0.15, 0.2) is 0 Å². The summed E-state index contributed by atoms with van der Waals surface area (Å²) >= 11 is 0. The van der Waals surface area contributed by atoms with E-state index in [0.29, 0.717) is 48.1 Å². The van der Waals surface area contributed by atoms with Crippen LogP contribution in [0.5, 0.6) is 0 Å². The minimum absolute atomic E-state index is 0.0837. The summed E-state index contributed by atoms with van der Waals surface area (Å²) in [5, 5.41) is 6.01. The van der Waals surface area contributed by atoms with Crippen LogP contribution in [0.1, 0.15) is 29.5 Å². The van der Waals surface area contributed by atoms with Crippen molar-refractivity contribution in [2.75, 3.05) is 18.4 Å². The number of rotatable bonds is 5. The smallest absolute Gasteiger partial charge is 0.382 e. The average molecular weight is 509 g/mol. The molecule has 1 aromatic heterocycles. The van der Waals surface area contributed by atoms with Gasteiger partial charge < -0.3 is 15.2 Å². The first-order valence-corrected chi connectivity index (χ1v) is 11.7. The zero-order valence-corrected chi connectivity index (χ0v) is 19.6. The number of anilines is 1. The van der Waals surface area contributed by atoms with Gasteiger partial charge in [-0.1, -0.05) is 24.8 Å². The zero-order chi connectivity index (χ0) is 26.3. The highest BCUT2D eigenvalue weighted by atomic mass is 19.4. The first kappa shape index (κ1) is 24.4. The highest BCUT2D eigenvalue weighted by molar-refractivity contribution is 6.50. The van der Waals surface area contributed by atoms with Gasteiger partial charge in [0, 0.05) is 53.0 Å². The largest absolute Gasteiger partial charge is 0.417 e. The number of alkyl halides is 3. The lowest BCUT2D eigenvalue weighted by atomic mass is 9.92. The van der Waals surface area contributed by atoms with E-state index in [2.05, 4.69) is 22.2 Å². The molecule has 3 aromatic rings. The number of amides is 3. The highest BCUT2D eigenvalue weighted by Gasteiger charge is 2.40. The molecule has 0 saturated carbocycles. The van der Waals surface area contributed by atoms with Crippen LogP contribution < -0.4 is 10.6 Å². The molecule has 2 aromatic carbocycles. The van der Waals surface area contributed by atoms with Gasteiger partial charge >= 0.3 is 6.18 Å². The number of H-pyrrole nitrogens is 1. The van der Waals surface area contributed by atoms with Crippen molar-refractivity contribution in [2.24, 2.45) is 0 Å². The number of nitrogens with one attached hydrogen (secondary N) is 3. The fraction of sp³-hybridized carbons (Fsp3) is 0.222. The number of para-hydroxylation sites is 1. The van der Waals surface area contributed by atoms with Gasteiger partial charge in [0.05, 0.1) is 16.7 Å². The van der Waals surface area contributed by atoms with Crippen molar-refractivity contribution >= 4 is 45.5 Å². The van der Waals surface area contributed by atoms with Crippen LogP contribution in [0.4, 0.5) is 18.9 Å². The van der Waals surface area contributed by atoms with Crippen LogP contribution in [0.2, 0.25) is 0 Å². The molecule has 1 saturated heterocycles. The number of fused-ring (bicyclic) bond motifs is 1. The maximum atomic E-state index is 14.1. The summed E-state index contributed by atoms with van der Waals surface area (Å²) in [5.74, 6) is -1.80. The van der Waals surface area contributed by atoms with Crippen molar-refractivity contribution in [2.45, 2.75) is 25.1 Å². The van der Waals surface area contributed by atoms with E-state index in [4.69, 9.17) is 0 Å². The Hall–Kier alpha value is -4.34. The fourth-order valence-corrected chi connectivity index (χ4v) is 4.94. The number of aromatic amines is 1. The predicted octanol–water partition coefficient (Wildman–Crippen LogP) is 4.34. The summed E-state index contributed by atoms with van der Waals surface area (Å²) in [5.41, 5.74) is -0.404. The number of imide groups is 1. The van der Waals surface area contributed by atoms with E-state index >= 15 is 0 Å². The molecule has 7 nitrogen and oxygen atoms in total. The standard InChI is InChI=1S/C27H23F3N4O3/c1-2-22(35)34-11-9-15(10-12-34)32-16-7-8-20(27(28,29)30)18(13-16)23-24(26(37)33-25(23)36)19-14-31-21-6-4-3-5-17(19)21/h2-8,13-15,31-32H,1,9-12H2,(H,33,36,37). The average Bonchev–Trinajstić information content (AvgIpc) is 3.42. The molecular weight excluding hydrogens is 485 g/mol. The first-order chi connectivity index (χ1) is 17.7. The second kappa shape index (κ2) is 9.27. The van der Waals surface area contributed by atoms with E-state index in [0.717, 1.165) is 6.07 Å². The second-order valence-electron chi connectivity index (χ2n) is 8.99. The predicted molar refractivity (Wildman–Crippen MR) is 133 cm³/mol. The van der Waals surface area contributed by atoms with E-state index < -0.39 is 23.6 Å². The molecule has 37 heavy (non-hydrogen) atoms. The number of benzene rings is 2. The van der Waals surface area contributed by atoms with Crippen LogP contribution >= 0.6 is 0 Å². The molecule has 0 atom stereocenters. The molecule has 0 unspecified atom stereocenters. The van der Waals surface area contributed by atoms with Gasteiger partial charge in [-0.15, -0.1) is 0 Å². The van der Waals surface area contributed by atoms with Gasteiger partial charge in [-0.25, -0.2) is 0 Å². The van der Waals surface area contributed by atoms with Crippen molar-refractivity contribution in [3.05, 3.63) is 78.0 Å². The monoisotopic (exact) mass is 508 g/mol. The lowest BCUT2D eigenvalue weighted by Crippen LogP contribution is -2.41. The highest BCUT2D eigenvalue weighted by Crippen LogP contribution is 2.42. The molecule has 0 aliphatic carbocycles. The fourth-order valence-electron chi connectivity index (χ4n) is 4.94. The van der Waals surface area contributed by atoms with Crippen molar-refractivity contribution in [3.8, 4) is 0 Å². The van der Waals surface area contributed by atoms with Crippen molar-refractivity contribution < 1.29 is 27.6 Å². The van der Waals surface area contributed by atoms with Crippen molar-refractivity contribution in [3.63, 3.8) is 0 Å². The maximum absolute atomic E-state index is 14.1. The van der Waals surface area contributed by atoms with Crippen LogP contribution in [0, 0.1) is 0 Å². The molecule has 0 radical (unpaired) electrons. The number of carbonyl (C=O) groups is 3. The van der Waals surface area contributed by atoms with Gasteiger partial charge in [-0.2, -0.15) is 13.2 Å². The Morgan fingerprint density at radius 2 is 1.70 bits per heavy atom. The SMILES string of the molecule is C=CC(=O)N1CCC(Nc2ccc(C(F)(F)F)c(C3=C(c4c[nH]c5ccccc45)C(=O)NC3=O)c2)CC1. The van der Waals surface area contributed by atoms with Crippen LogP contribution in [0.15, 0.2) is 61.3 Å². The number of halogens is 3. The Bertz CT molecular complexity index is 1460. The molecule has 2 aliphatic rings. The van der Waals surface area contributed by atoms with Gasteiger partial charge in [0.1, 0.15) is 0 Å². The number of aromatic nitrogens is 1. The number of hydrogen-bond donors (Lipinski definition) is 3. The van der Waals surface area contributed by atoms with Gasteiger partial charge in [0.25, 0.3) is 11.8 Å². The number of nitrogens with zero attached hydrogens (tertiary/aromatic N) is 1. The van der Waals surface area contributed by atoms with Crippen LogP contribution in [-0.4, -0.2) is 46.7 Å². The van der Waals surface area contributed by atoms with Gasteiger partial charge in [0.2, 0.25) is 5.91 Å². The Labute approximate surface area is 210 Å². The number of piperidine rings is 1. The topological polar surface area (TPSA) is 94.3 Å². The normalized spacial score (nSPS) is 16.9. The molecule has 5 rings (SSSR count). The molecule has 3 N–H and O–H groups in total. The Kier molecular flexibility index (Phi) is 6.10. The van der Waals surface area contributed by atoms with E-state index in [-0.39, 0.29) is 28.7 Å². The molecule has 2 aliphatic heterocycles. The summed E-state index contributed by atoms with van der Waals surface area (Å²) in [6, 6.07) is 10.5. The van der Waals surface area contributed by atoms with Crippen LogP contribution in [0.3, 0.4) is 0 Å². The summed E-state index contributed by atoms with van der Waals surface area (Å²) in [7, 11) is 0. The molecule has 1 fully saturated rings. The maximum Gasteiger partial charge on any atom is 0.417 e. The quantitative estimate of drug-likeness (QED) is 0.353. The third-order valence-corrected chi connectivity index (χ3v) is 6.74. The molecule has 10 heteroatoms. The number of carbonyl (C=O) groups excluding carboxylic acids is 3. The van der Waals surface area contributed by atoms with Crippen molar-refractivity contribution in [1.29, 1.82) is 0 Å². The van der Waals surface area contributed by atoms with Gasteiger partial charge in [-0.05, 0) is 43.2 Å².